The highest BCUT2D eigenvalue weighted by Gasteiger charge is 2.40. The van der Waals surface area contributed by atoms with Gasteiger partial charge in [-0.1, -0.05) is 0 Å². The SMILES string of the molecule is CC(C(=O)N1C[C@H](O)C[C@H]1C(N)=O)n1ccc(C(F)(F)F)n1. The lowest BCUT2D eigenvalue weighted by atomic mass is 10.2. The topological polar surface area (TPSA) is 101 Å². The summed E-state index contributed by atoms with van der Waals surface area (Å²) < 4.78 is 38.4. The number of amides is 2. The molecule has 0 saturated carbocycles. The van der Waals surface area contributed by atoms with Gasteiger partial charge < -0.3 is 15.7 Å². The predicted octanol–water partition coefficient (Wildman–Crippen LogP) is -0.0900. The molecule has 1 aromatic rings. The van der Waals surface area contributed by atoms with Crippen molar-refractivity contribution >= 4 is 11.8 Å². The number of nitrogens with zero attached hydrogens (tertiary/aromatic N) is 3. The Bertz CT molecular complexity index is 586. The number of aromatic nitrogens is 2. The van der Waals surface area contributed by atoms with Crippen LogP contribution in [0.1, 0.15) is 25.1 Å². The maximum Gasteiger partial charge on any atom is 0.435 e. The largest absolute Gasteiger partial charge is 0.435 e. The molecule has 122 valence electrons. The predicted molar refractivity (Wildman–Crippen MR) is 67.3 cm³/mol. The van der Waals surface area contributed by atoms with Gasteiger partial charge in [0.25, 0.3) is 0 Å². The van der Waals surface area contributed by atoms with Gasteiger partial charge in [0.1, 0.15) is 12.1 Å². The number of carbonyl (C=O) groups excluding carboxylic acids is 2. The van der Waals surface area contributed by atoms with Crippen LogP contribution in [0.25, 0.3) is 0 Å². The minimum absolute atomic E-state index is 0.0146. The number of β-amino-alcohol motifs (C(OH)–C–C–N with tert-alkyl or cyclic N) is 1. The smallest absolute Gasteiger partial charge is 0.391 e. The van der Waals surface area contributed by atoms with Gasteiger partial charge in [-0.2, -0.15) is 18.3 Å². The van der Waals surface area contributed by atoms with Crippen molar-refractivity contribution in [1.82, 2.24) is 14.7 Å². The van der Waals surface area contributed by atoms with Crippen LogP contribution in [0.4, 0.5) is 13.2 Å². The number of alkyl halides is 3. The molecule has 1 aliphatic heterocycles. The molecule has 0 aromatic carbocycles. The number of aliphatic hydroxyl groups excluding tert-OH is 1. The molecule has 1 fully saturated rings. The Morgan fingerprint density at radius 2 is 2.14 bits per heavy atom. The van der Waals surface area contributed by atoms with Crippen LogP contribution < -0.4 is 5.73 Å². The van der Waals surface area contributed by atoms with Crippen molar-refractivity contribution < 1.29 is 27.9 Å². The molecule has 0 aliphatic carbocycles. The lowest BCUT2D eigenvalue weighted by Gasteiger charge is -2.25. The Kier molecular flexibility index (Phi) is 4.14. The Balaban J connectivity index is 2.18. The Hall–Kier alpha value is -2.10. The summed E-state index contributed by atoms with van der Waals surface area (Å²) in [6.07, 6.45) is -4.44. The van der Waals surface area contributed by atoms with Crippen LogP contribution in [0.3, 0.4) is 0 Å². The minimum atomic E-state index is -4.60. The van der Waals surface area contributed by atoms with Crippen molar-refractivity contribution in [3.05, 3.63) is 18.0 Å². The second-order valence-electron chi connectivity index (χ2n) is 5.15. The first-order valence-electron chi connectivity index (χ1n) is 6.51. The third-order valence-electron chi connectivity index (χ3n) is 3.54. The molecule has 0 bridgehead atoms. The molecule has 1 aliphatic rings. The van der Waals surface area contributed by atoms with Crippen LogP contribution in [-0.2, 0) is 15.8 Å². The Morgan fingerprint density at radius 1 is 1.50 bits per heavy atom. The molecule has 22 heavy (non-hydrogen) atoms. The van der Waals surface area contributed by atoms with E-state index in [1.165, 1.54) is 6.92 Å². The molecule has 7 nitrogen and oxygen atoms in total. The van der Waals surface area contributed by atoms with Crippen LogP contribution in [0, 0.1) is 0 Å². The van der Waals surface area contributed by atoms with Crippen LogP contribution in [-0.4, -0.2) is 50.3 Å². The summed E-state index contributed by atoms with van der Waals surface area (Å²) in [7, 11) is 0. The molecule has 1 unspecified atom stereocenters. The summed E-state index contributed by atoms with van der Waals surface area (Å²) in [5.74, 6) is -1.40. The van der Waals surface area contributed by atoms with Crippen LogP contribution in [0.2, 0.25) is 0 Å². The molecule has 3 atom stereocenters. The van der Waals surface area contributed by atoms with E-state index in [-0.39, 0.29) is 13.0 Å². The molecular formula is C12H15F3N4O3. The van der Waals surface area contributed by atoms with Gasteiger partial charge in [-0.25, -0.2) is 0 Å². The molecule has 2 amide bonds. The van der Waals surface area contributed by atoms with E-state index in [2.05, 4.69) is 5.10 Å². The highest BCUT2D eigenvalue weighted by Crippen LogP contribution is 2.28. The monoisotopic (exact) mass is 320 g/mol. The summed E-state index contributed by atoms with van der Waals surface area (Å²) in [6, 6.07) is -1.26. The summed E-state index contributed by atoms with van der Waals surface area (Å²) in [4.78, 5) is 24.7. The maximum atomic E-state index is 12.5. The van der Waals surface area contributed by atoms with Crippen molar-refractivity contribution in [1.29, 1.82) is 0 Å². The molecule has 0 radical (unpaired) electrons. The van der Waals surface area contributed by atoms with Crippen LogP contribution in [0.15, 0.2) is 12.3 Å². The fourth-order valence-electron chi connectivity index (χ4n) is 2.39. The molecule has 0 spiro atoms. The first kappa shape index (κ1) is 16.3. The highest BCUT2D eigenvalue weighted by atomic mass is 19.4. The number of carbonyl (C=O) groups is 2. The zero-order valence-corrected chi connectivity index (χ0v) is 11.6. The standard InChI is InChI=1S/C12H15F3N4O3/c1-6(19-3-2-9(17-19)12(13,14)15)11(22)18-5-7(20)4-8(18)10(16)21/h2-3,6-8,20H,4-5H2,1H3,(H2,16,21)/t6?,7-,8+/m1/s1. The highest BCUT2D eigenvalue weighted by molar-refractivity contribution is 5.88. The lowest BCUT2D eigenvalue weighted by Crippen LogP contribution is -2.46. The van der Waals surface area contributed by atoms with Gasteiger partial charge in [-0.05, 0) is 13.0 Å². The van der Waals surface area contributed by atoms with Crippen molar-refractivity contribution in [2.75, 3.05) is 6.54 Å². The average molecular weight is 320 g/mol. The fourth-order valence-corrected chi connectivity index (χ4v) is 2.39. The van der Waals surface area contributed by atoms with Crippen molar-refractivity contribution in [3.8, 4) is 0 Å². The summed E-state index contributed by atoms with van der Waals surface area (Å²) in [5.41, 5.74) is 4.06. The van der Waals surface area contributed by atoms with Gasteiger partial charge in [-0.15, -0.1) is 0 Å². The van der Waals surface area contributed by atoms with E-state index in [4.69, 9.17) is 5.73 Å². The second kappa shape index (κ2) is 5.59. The van der Waals surface area contributed by atoms with Crippen molar-refractivity contribution in [3.63, 3.8) is 0 Å². The fraction of sp³-hybridized carbons (Fsp3) is 0.583. The third kappa shape index (κ3) is 3.06. The number of hydrogen-bond donors (Lipinski definition) is 2. The van der Waals surface area contributed by atoms with E-state index < -0.39 is 41.9 Å². The van der Waals surface area contributed by atoms with E-state index >= 15 is 0 Å². The number of nitrogens with two attached hydrogens (primary N) is 1. The third-order valence-corrected chi connectivity index (χ3v) is 3.54. The summed E-state index contributed by atoms with van der Waals surface area (Å²) in [6.45, 7) is 1.27. The van der Waals surface area contributed by atoms with Gasteiger partial charge in [0, 0.05) is 19.2 Å². The quantitative estimate of drug-likeness (QED) is 0.812. The Labute approximate surface area is 123 Å². The van der Waals surface area contributed by atoms with Crippen LogP contribution in [0.5, 0.6) is 0 Å². The number of primary amides is 1. The number of aliphatic hydroxyl groups is 1. The number of rotatable bonds is 3. The molecule has 2 heterocycles. The Morgan fingerprint density at radius 3 is 2.64 bits per heavy atom. The molecule has 3 N–H and O–H groups in total. The average Bonchev–Trinajstić information content (AvgIpc) is 3.02. The van der Waals surface area contributed by atoms with Crippen molar-refractivity contribution in [2.45, 2.75) is 37.7 Å². The van der Waals surface area contributed by atoms with Crippen LogP contribution >= 0.6 is 0 Å². The maximum absolute atomic E-state index is 12.5. The first-order chi connectivity index (χ1) is 10.1. The normalized spacial score (nSPS) is 23.6. The van der Waals surface area contributed by atoms with E-state index in [9.17, 15) is 27.9 Å². The molecule has 2 rings (SSSR count). The van der Waals surface area contributed by atoms with E-state index in [0.29, 0.717) is 0 Å². The number of likely N-dealkylation sites (tertiary alicyclic amines) is 1. The summed E-state index contributed by atoms with van der Waals surface area (Å²) in [5, 5.41) is 12.9. The molecular weight excluding hydrogens is 305 g/mol. The number of halogens is 3. The molecule has 1 saturated heterocycles. The second-order valence-corrected chi connectivity index (χ2v) is 5.15. The van der Waals surface area contributed by atoms with Gasteiger partial charge in [0.05, 0.1) is 6.10 Å². The van der Waals surface area contributed by atoms with E-state index in [1.807, 2.05) is 0 Å². The van der Waals surface area contributed by atoms with Gasteiger partial charge in [-0.3, -0.25) is 14.3 Å². The molecule has 10 heteroatoms. The van der Waals surface area contributed by atoms with Gasteiger partial charge in [0.15, 0.2) is 5.69 Å². The zero-order chi connectivity index (χ0) is 16.7. The summed E-state index contributed by atoms with van der Waals surface area (Å²) >= 11 is 0. The first-order valence-corrected chi connectivity index (χ1v) is 6.51. The number of hydrogen-bond acceptors (Lipinski definition) is 4. The van der Waals surface area contributed by atoms with E-state index in [1.54, 1.807) is 0 Å². The zero-order valence-electron chi connectivity index (χ0n) is 11.6. The molecule has 1 aromatic heterocycles. The minimum Gasteiger partial charge on any atom is -0.391 e. The van der Waals surface area contributed by atoms with Gasteiger partial charge >= 0.3 is 6.18 Å². The van der Waals surface area contributed by atoms with Crippen molar-refractivity contribution in [2.24, 2.45) is 5.73 Å². The van der Waals surface area contributed by atoms with Gasteiger partial charge in [0.2, 0.25) is 11.8 Å². The lowest BCUT2D eigenvalue weighted by molar-refractivity contribution is -0.143. The van der Waals surface area contributed by atoms with E-state index in [0.717, 1.165) is 21.8 Å².